The number of hydrogen-bond acceptors (Lipinski definition) is 7. The molecule has 10 nitrogen and oxygen atoms in total. The van der Waals surface area contributed by atoms with E-state index < -0.39 is 4.92 Å². The van der Waals surface area contributed by atoms with Crippen LogP contribution in [0.2, 0.25) is 0 Å². The summed E-state index contributed by atoms with van der Waals surface area (Å²) in [7, 11) is 2.84. The molecule has 2 heterocycles. The van der Waals surface area contributed by atoms with Gasteiger partial charge in [0.2, 0.25) is 5.91 Å². The maximum atomic E-state index is 12.8. The van der Waals surface area contributed by atoms with Gasteiger partial charge in [-0.05, 0) is 37.0 Å². The Balaban J connectivity index is 1.40. The largest absolute Gasteiger partial charge is 0.493 e. The first-order valence-corrected chi connectivity index (χ1v) is 11.8. The van der Waals surface area contributed by atoms with Gasteiger partial charge in [0.25, 0.3) is 5.69 Å². The molecule has 0 bridgehead atoms. The molecule has 0 N–H and O–H groups in total. The van der Waals surface area contributed by atoms with Gasteiger partial charge in [-0.25, -0.2) is 4.79 Å². The Bertz CT molecular complexity index is 1140. The molecule has 2 aliphatic rings. The maximum absolute atomic E-state index is 12.8. The van der Waals surface area contributed by atoms with Gasteiger partial charge >= 0.3 is 6.09 Å². The second-order valence-corrected chi connectivity index (χ2v) is 8.74. The van der Waals surface area contributed by atoms with Crippen LogP contribution in [-0.4, -0.2) is 72.7 Å². The number of rotatable bonds is 8. The Morgan fingerprint density at radius 2 is 1.81 bits per heavy atom. The number of carbonyl (C=O) groups is 2. The van der Waals surface area contributed by atoms with Gasteiger partial charge in [-0.1, -0.05) is 30.3 Å². The minimum Gasteiger partial charge on any atom is -0.493 e. The quantitative estimate of drug-likeness (QED) is 0.312. The highest BCUT2D eigenvalue weighted by Gasteiger charge is 2.39. The summed E-state index contributed by atoms with van der Waals surface area (Å²) in [4.78, 5) is 39.8. The van der Waals surface area contributed by atoms with Crippen LogP contribution in [0.25, 0.3) is 6.08 Å². The summed E-state index contributed by atoms with van der Waals surface area (Å²) in [5.74, 6) is 0.321. The number of amides is 2. The second kappa shape index (κ2) is 11.1. The van der Waals surface area contributed by atoms with Crippen LogP contribution in [0.1, 0.15) is 24.0 Å². The van der Waals surface area contributed by atoms with E-state index in [0.717, 1.165) is 12.0 Å². The molecule has 0 spiro atoms. The van der Waals surface area contributed by atoms with Gasteiger partial charge in [0.1, 0.15) is 6.61 Å². The summed E-state index contributed by atoms with van der Waals surface area (Å²) in [5, 5.41) is 11.5. The molecule has 2 fully saturated rings. The highest BCUT2D eigenvalue weighted by atomic mass is 16.6. The molecule has 2 saturated heterocycles. The van der Waals surface area contributed by atoms with Gasteiger partial charge in [0.05, 0.1) is 36.8 Å². The molecule has 2 aromatic rings. The topological polar surface area (TPSA) is 111 Å². The fourth-order valence-corrected chi connectivity index (χ4v) is 4.77. The summed E-state index contributed by atoms with van der Waals surface area (Å²) >= 11 is 0. The lowest BCUT2D eigenvalue weighted by Gasteiger charge is -2.37. The summed E-state index contributed by atoms with van der Waals surface area (Å²) in [6, 6.07) is 12.7. The van der Waals surface area contributed by atoms with Crippen LogP contribution >= 0.6 is 0 Å². The lowest BCUT2D eigenvalue weighted by atomic mass is 9.99. The molecule has 190 valence electrons. The number of nitrogens with zero attached hydrogens (tertiary/aromatic N) is 3. The molecule has 36 heavy (non-hydrogen) atoms. The number of carbonyl (C=O) groups excluding carboxylic acids is 2. The number of methoxy groups -OCH3 is 2. The highest BCUT2D eigenvalue weighted by molar-refractivity contribution is 5.92. The van der Waals surface area contributed by atoms with E-state index in [-0.39, 0.29) is 41.1 Å². The number of nitro benzene ring substituents is 1. The van der Waals surface area contributed by atoms with Gasteiger partial charge in [0.15, 0.2) is 11.5 Å². The minimum atomic E-state index is -0.529. The van der Waals surface area contributed by atoms with E-state index in [2.05, 4.69) is 0 Å². The number of piperidine rings is 1. The number of nitro groups is 1. The Morgan fingerprint density at radius 1 is 1.14 bits per heavy atom. The molecular formula is C26H29N3O7. The zero-order valence-corrected chi connectivity index (χ0v) is 20.3. The van der Waals surface area contributed by atoms with Crippen LogP contribution in [0.4, 0.5) is 10.5 Å². The van der Waals surface area contributed by atoms with Crippen molar-refractivity contribution in [1.82, 2.24) is 9.80 Å². The molecule has 2 aromatic carbocycles. The van der Waals surface area contributed by atoms with E-state index in [4.69, 9.17) is 14.2 Å². The smallest absolute Gasteiger partial charge is 0.410 e. The third-order valence-electron chi connectivity index (χ3n) is 6.62. The molecule has 2 amide bonds. The van der Waals surface area contributed by atoms with Crippen LogP contribution in [0.15, 0.2) is 48.5 Å². The maximum Gasteiger partial charge on any atom is 0.410 e. The van der Waals surface area contributed by atoms with Crippen molar-refractivity contribution in [3.8, 4) is 11.5 Å². The van der Waals surface area contributed by atoms with Gasteiger partial charge < -0.3 is 19.1 Å². The summed E-state index contributed by atoms with van der Waals surface area (Å²) < 4.78 is 15.7. The normalized spacial score (nSPS) is 18.4. The fourth-order valence-electron chi connectivity index (χ4n) is 4.77. The van der Waals surface area contributed by atoms with Crippen molar-refractivity contribution < 1.29 is 28.7 Å². The van der Waals surface area contributed by atoms with E-state index in [1.807, 2.05) is 35.2 Å². The summed E-state index contributed by atoms with van der Waals surface area (Å²) in [5.41, 5.74) is 1.20. The number of cyclic esters (lactones) is 1. The summed E-state index contributed by atoms with van der Waals surface area (Å²) in [6.45, 7) is 1.31. The number of likely N-dealkylation sites (tertiary alicyclic amines) is 1. The predicted molar refractivity (Wildman–Crippen MR) is 132 cm³/mol. The monoisotopic (exact) mass is 495 g/mol. The van der Waals surface area contributed by atoms with E-state index in [1.165, 1.54) is 38.5 Å². The highest BCUT2D eigenvalue weighted by Crippen LogP contribution is 2.35. The predicted octanol–water partition coefficient (Wildman–Crippen LogP) is 3.68. The van der Waals surface area contributed by atoms with Crippen molar-refractivity contribution in [2.24, 2.45) is 0 Å². The Labute approximate surface area is 209 Å². The number of hydrogen-bond donors (Lipinski definition) is 0. The summed E-state index contributed by atoms with van der Waals surface area (Å²) in [6.07, 6.45) is 4.44. The van der Waals surface area contributed by atoms with E-state index in [9.17, 15) is 19.7 Å². The standard InChI is InChI=1S/C26H29N3O7/c1-34-23-15-19(22(29(32)33)16-24(23)35-2)8-9-25(30)27-12-10-20(11-13-27)28-21(17-36-26(28)31)14-18-6-4-3-5-7-18/h3-9,15-16,20-21H,10-14,17H2,1-2H3. The van der Waals surface area contributed by atoms with Crippen molar-refractivity contribution >= 4 is 23.8 Å². The molecule has 0 radical (unpaired) electrons. The first-order valence-electron chi connectivity index (χ1n) is 11.8. The average Bonchev–Trinajstić information content (AvgIpc) is 3.26. The third-order valence-corrected chi connectivity index (χ3v) is 6.62. The zero-order valence-electron chi connectivity index (χ0n) is 20.3. The van der Waals surface area contributed by atoms with Gasteiger partial charge in [-0.2, -0.15) is 0 Å². The zero-order chi connectivity index (χ0) is 25.7. The second-order valence-electron chi connectivity index (χ2n) is 8.74. The Morgan fingerprint density at radius 3 is 2.44 bits per heavy atom. The van der Waals surface area contributed by atoms with Crippen molar-refractivity contribution in [2.45, 2.75) is 31.3 Å². The molecule has 0 aromatic heterocycles. The number of ether oxygens (including phenoxy) is 3. The van der Waals surface area contributed by atoms with Crippen molar-refractivity contribution in [3.05, 3.63) is 69.8 Å². The van der Waals surface area contributed by atoms with E-state index >= 15 is 0 Å². The van der Waals surface area contributed by atoms with Gasteiger partial charge in [0, 0.05) is 25.2 Å². The fraction of sp³-hybridized carbons (Fsp3) is 0.385. The van der Waals surface area contributed by atoms with E-state index in [0.29, 0.717) is 38.3 Å². The van der Waals surface area contributed by atoms with E-state index in [1.54, 1.807) is 4.90 Å². The lowest BCUT2D eigenvalue weighted by Crippen LogP contribution is -2.50. The first-order chi connectivity index (χ1) is 17.4. The van der Waals surface area contributed by atoms with Crippen LogP contribution in [-0.2, 0) is 16.0 Å². The van der Waals surface area contributed by atoms with Crippen molar-refractivity contribution in [1.29, 1.82) is 0 Å². The van der Waals surface area contributed by atoms with Gasteiger partial charge in [-0.3, -0.25) is 19.8 Å². The van der Waals surface area contributed by atoms with Crippen LogP contribution in [0.3, 0.4) is 0 Å². The number of benzene rings is 2. The lowest BCUT2D eigenvalue weighted by molar-refractivity contribution is -0.385. The van der Waals surface area contributed by atoms with Gasteiger partial charge in [-0.15, -0.1) is 0 Å². The third kappa shape index (κ3) is 5.42. The van der Waals surface area contributed by atoms with Crippen LogP contribution in [0.5, 0.6) is 11.5 Å². The Hall–Kier alpha value is -4.08. The van der Waals surface area contributed by atoms with Crippen LogP contribution in [0, 0.1) is 10.1 Å². The molecular weight excluding hydrogens is 466 g/mol. The van der Waals surface area contributed by atoms with Crippen molar-refractivity contribution in [2.75, 3.05) is 33.9 Å². The van der Waals surface area contributed by atoms with Crippen molar-refractivity contribution in [3.63, 3.8) is 0 Å². The molecule has 0 aliphatic carbocycles. The van der Waals surface area contributed by atoms with Crippen LogP contribution < -0.4 is 9.47 Å². The molecule has 1 unspecified atom stereocenters. The average molecular weight is 496 g/mol. The molecule has 1 atom stereocenters. The minimum absolute atomic E-state index is 0.00585. The Kier molecular flexibility index (Phi) is 7.72. The molecule has 2 aliphatic heterocycles. The molecule has 10 heteroatoms. The first kappa shape index (κ1) is 25.0. The molecule has 4 rings (SSSR count). The SMILES string of the molecule is COc1cc(C=CC(=O)N2CCC(N3C(=O)OCC3Cc3ccccc3)CC2)c([N+](=O)[O-])cc1OC. The molecule has 0 saturated carbocycles.